The van der Waals surface area contributed by atoms with E-state index in [0.717, 1.165) is 18.3 Å². The van der Waals surface area contributed by atoms with Gasteiger partial charge in [-0.25, -0.2) is 0 Å². The van der Waals surface area contributed by atoms with E-state index in [0.29, 0.717) is 47.2 Å². The van der Waals surface area contributed by atoms with Crippen LogP contribution < -0.4 is 0 Å². The summed E-state index contributed by atoms with van der Waals surface area (Å²) < 4.78 is 6.25. The average Bonchev–Trinajstić information content (AvgIpc) is 3.19. The van der Waals surface area contributed by atoms with E-state index in [4.69, 9.17) is 11.2 Å². The van der Waals surface area contributed by atoms with Gasteiger partial charge in [-0.05, 0) is 128 Å². The Labute approximate surface area is 216 Å². The van der Waals surface area contributed by atoms with Gasteiger partial charge in [-0.15, -0.1) is 6.42 Å². The van der Waals surface area contributed by atoms with Crippen LogP contribution in [0.3, 0.4) is 0 Å². The highest BCUT2D eigenvalue weighted by Gasteiger charge is 2.70. The Morgan fingerprint density at radius 3 is 2.31 bits per heavy atom. The molecule has 0 aliphatic heterocycles. The Kier molecular flexibility index (Phi) is 6.18. The molecule has 0 unspecified atom stereocenters. The van der Waals surface area contributed by atoms with Crippen LogP contribution in [0.4, 0.5) is 0 Å². The van der Waals surface area contributed by atoms with Crippen LogP contribution in [0.5, 0.6) is 0 Å². The van der Waals surface area contributed by atoms with E-state index in [1.807, 2.05) is 0 Å². The summed E-state index contributed by atoms with van der Waals surface area (Å²) in [5, 5.41) is 10.7. The highest BCUT2D eigenvalue weighted by atomic mass is 16.5. The number of hydrogen-bond acceptors (Lipinski definition) is 2. The van der Waals surface area contributed by atoms with E-state index >= 15 is 0 Å². The van der Waals surface area contributed by atoms with Crippen molar-refractivity contribution in [3.8, 4) is 12.3 Å². The summed E-state index contributed by atoms with van der Waals surface area (Å²) in [6.45, 7) is 20.5. The van der Waals surface area contributed by atoms with E-state index in [-0.39, 0.29) is 16.9 Å². The summed E-state index contributed by atoms with van der Waals surface area (Å²) in [5.74, 6) is 6.12. The van der Waals surface area contributed by atoms with E-state index in [9.17, 15) is 5.11 Å². The molecule has 0 saturated heterocycles. The maximum atomic E-state index is 10.7. The van der Waals surface area contributed by atoms with E-state index < -0.39 is 0 Å². The molecule has 5 aliphatic carbocycles. The molecular weight excluding hydrogens is 428 g/mol. The second-order valence-electron chi connectivity index (χ2n) is 15.1. The van der Waals surface area contributed by atoms with Gasteiger partial charge in [-0.2, -0.15) is 0 Å². The molecule has 0 aromatic carbocycles. The maximum Gasteiger partial charge on any atom is 0.107 e. The second kappa shape index (κ2) is 8.36. The van der Waals surface area contributed by atoms with Crippen molar-refractivity contribution in [1.29, 1.82) is 0 Å². The van der Waals surface area contributed by atoms with Gasteiger partial charge in [0.2, 0.25) is 0 Å². The molecule has 5 aliphatic rings. The van der Waals surface area contributed by atoms with Gasteiger partial charge in [0, 0.05) is 6.61 Å². The quantitative estimate of drug-likeness (QED) is 0.331. The third-order valence-corrected chi connectivity index (χ3v) is 13.9. The van der Waals surface area contributed by atoms with E-state index in [1.165, 1.54) is 63.4 Å². The van der Waals surface area contributed by atoms with Gasteiger partial charge in [-0.1, -0.05) is 52.7 Å². The fourth-order valence-corrected chi connectivity index (χ4v) is 12.0. The molecule has 35 heavy (non-hydrogen) atoms. The molecule has 5 rings (SSSR count). The fourth-order valence-electron chi connectivity index (χ4n) is 12.0. The van der Waals surface area contributed by atoms with Crippen molar-refractivity contribution in [2.45, 2.75) is 112 Å². The van der Waals surface area contributed by atoms with Crippen LogP contribution in [0.2, 0.25) is 0 Å². The number of hydrogen-bond donors (Lipinski definition) is 1. The van der Waals surface area contributed by atoms with Crippen molar-refractivity contribution < 1.29 is 9.84 Å². The molecule has 0 heterocycles. The molecule has 10 atom stereocenters. The summed E-state index contributed by atoms with van der Waals surface area (Å²) in [7, 11) is 0. The number of allylic oxidation sites excluding steroid dienone is 1. The molecular formula is C33H52O2. The minimum absolute atomic E-state index is 0.145. The second-order valence-corrected chi connectivity index (χ2v) is 15.1. The van der Waals surface area contributed by atoms with Crippen molar-refractivity contribution in [1.82, 2.24) is 0 Å². The van der Waals surface area contributed by atoms with Gasteiger partial charge in [-0.3, -0.25) is 0 Å². The predicted octanol–water partition coefficient (Wildman–Crippen LogP) is 7.65. The number of rotatable bonds is 4. The monoisotopic (exact) mass is 480 g/mol. The maximum absolute atomic E-state index is 10.7. The lowest BCUT2D eigenvalue weighted by Crippen LogP contribution is -2.67. The largest absolute Gasteiger partial charge is 0.396 e. The Morgan fingerprint density at radius 1 is 0.914 bits per heavy atom. The smallest absolute Gasteiger partial charge is 0.107 e. The SMILES string of the molecule is C#CCO[C@H]1CC[C@]2(C)[C@H]3CC[C@@H]4[C@H]5[C@H](C(=C)C)CC[C@]5(CO)CC[C@@]4(C)[C@]3(C)CC[C@H]2C1(C)C. The molecule has 196 valence electrons. The van der Waals surface area contributed by atoms with Gasteiger partial charge < -0.3 is 9.84 Å². The molecule has 2 heteroatoms. The Morgan fingerprint density at radius 2 is 1.66 bits per heavy atom. The number of aliphatic hydroxyl groups excluding tert-OH is 1. The van der Waals surface area contributed by atoms with Crippen molar-refractivity contribution in [3.63, 3.8) is 0 Å². The van der Waals surface area contributed by atoms with E-state index in [2.05, 4.69) is 54.0 Å². The van der Waals surface area contributed by atoms with Gasteiger partial charge >= 0.3 is 0 Å². The molecule has 0 bridgehead atoms. The van der Waals surface area contributed by atoms with Crippen LogP contribution in [0.15, 0.2) is 12.2 Å². The molecule has 0 radical (unpaired) electrons. The first kappa shape index (κ1) is 25.9. The summed E-state index contributed by atoms with van der Waals surface area (Å²) in [5.41, 5.74) is 2.77. The summed E-state index contributed by atoms with van der Waals surface area (Å²) in [6.07, 6.45) is 18.5. The molecule has 0 spiro atoms. The van der Waals surface area contributed by atoms with Gasteiger partial charge in [0.15, 0.2) is 0 Å². The van der Waals surface area contributed by atoms with Gasteiger partial charge in [0.1, 0.15) is 6.61 Å². The predicted molar refractivity (Wildman–Crippen MR) is 145 cm³/mol. The topological polar surface area (TPSA) is 29.5 Å². The Bertz CT molecular complexity index is 897. The lowest BCUT2D eigenvalue weighted by Gasteiger charge is -2.73. The minimum atomic E-state index is 0.145. The molecule has 0 aromatic heterocycles. The first-order valence-corrected chi connectivity index (χ1v) is 14.7. The Hall–Kier alpha value is -0.780. The lowest BCUT2D eigenvalue weighted by atomic mass is 9.32. The average molecular weight is 481 g/mol. The minimum Gasteiger partial charge on any atom is -0.396 e. The zero-order valence-electron chi connectivity index (χ0n) is 23.6. The molecule has 5 fully saturated rings. The van der Waals surface area contributed by atoms with Crippen LogP contribution in [0.1, 0.15) is 106 Å². The first-order chi connectivity index (χ1) is 16.4. The van der Waals surface area contributed by atoms with E-state index in [1.54, 1.807) is 0 Å². The third kappa shape index (κ3) is 3.29. The van der Waals surface area contributed by atoms with Crippen molar-refractivity contribution >= 4 is 0 Å². The zero-order chi connectivity index (χ0) is 25.4. The van der Waals surface area contributed by atoms with Crippen molar-refractivity contribution in [2.24, 2.45) is 56.7 Å². The third-order valence-electron chi connectivity index (χ3n) is 13.9. The molecule has 1 N–H and O–H groups in total. The van der Waals surface area contributed by atoms with Gasteiger partial charge in [0.25, 0.3) is 0 Å². The number of aliphatic hydroxyl groups is 1. The van der Waals surface area contributed by atoms with Crippen LogP contribution in [-0.2, 0) is 4.74 Å². The lowest BCUT2D eigenvalue weighted by molar-refractivity contribution is -0.252. The van der Waals surface area contributed by atoms with Gasteiger partial charge in [0.05, 0.1) is 6.10 Å². The van der Waals surface area contributed by atoms with Crippen molar-refractivity contribution in [3.05, 3.63) is 12.2 Å². The van der Waals surface area contributed by atoms with Crippen LogP contribution in [-0.4, -0.2) is 24.4 Å². The van der Waals surface area contributed by atoms with Crippen molar-refractivity contribution in [2.75, 3.05) is 13.2 Å². The molecule has 0 amide bonds. The normalized spacial score (nSPS) is 52.4. The standard InChI is InChI=1S/C33H52O2/c1-9-20-35-27-14-15-30(6)25(29(27,4)5)13-16-32(8)26(30)11-10-24-28-23(22(2)3)12-17-33(28,21-34)19-18-31(24,32)7/h1,23-28,34H,2,10-21H2,3-8H3/t23-,24+,25-,26+,27-,28+,30-,31+,32+,33+/m0/s1. The molecule has 5 saturated carbocycles. The molecule has 2 nitrogen and oxygen atoms in total. The van der Waals surface area contributed by atoms with Crippen LogP contribution >= 0.6 is 0 Å². The Balaban J connectivity index is 1.50. The first-order valence-electron chi connectivity index (χ1n) is 14.7. The van der Waals surface area contributed by atoms with Crippen LogP contribution in [0.25, 0.3) is 0 Å². The summed E-state index contributed by atoms with van der Waals surface area (Å²) in [4.78, 5) is 0. The summed E-state index contributed by atoms with van der Waals surface area (Å²) in [6, 6.07) is 0. The fraction of sp³-hybridized carbons (Fsp3) is 0.879. The molecule has 0 aromatic rings. The summed E-state index contributed by atoms with van der Waals surface area (Å²) >= 11 is 0. The number of fused-ring (bicyclic) bond motifs is 7. The number of ether oxygens (including phenoxy) is 1. The highest BCUT2D eigenvalue weighted by molar-refractivity contribution is 5.21. The van der Waals surface area contributed by atoms with Crippen LogP contribution in [0, 0.1) is 69.0 Å². The zero-order valence-corrected chi connectivity index (χ0v) is 23.6. The number of terminal acetylenes is 1. The highest BCUT2D eigenvalue weighted by Crippen LogP contribution is 2.77.